The van der Waals surface area contributed by atoms with Crippen LogP contribution in [0.15, 0.2) is 79.3 Å². The number of pyridine rings is 1. The molecule has 11 heteroatoms. The summed E-state index contributed by atoms with van der Waals surface area (Å²) in [5.41, 5.74) is 2.21. The van der Waals surface area contributed by atoms with Gasteiger partial charge in [-0.3, -0.25) is 15.0 Å². The smallest absolute Gasteiger partial charge is 0.324 e. The molecule has 0 aliphatic rings. The molecule has 5 rings (SSSR count). The Balaban J connectivity index is 1.31. The monoisotopic (exact) mass is 543 g/mol. The number of urea groups is 1. The molecule has 2 aromatic carbocycles. The number of halogens is 2. The molecule has 2 N–H and O–H groups in total. The van der Waals surface area contributed by atoms with E-state index in [0.29, 0.717) is 28.6 Å². The molecule has 5 aromatic rings. The Kier molecular flexibility index (Phi) is 7.03. The number of nitrogens with one attached hydrogen (secondary N) is 2. The summed E-state index contributed by atoms with van der Waals surface area (Å²) in [6.07, 6.45) is 5.10. The van der Waals surface area contributed by atoms with E-state index in [0.717, 1.165) is 5.56 Å². The number of carbonyl (C=O) groups is 1. The summed E-state index contributed by atoms with van der Waals surface area (Å²) < 4.78 is 37.7. The standard InChI is InChI=1S/C29H27F2N7O2/c1-29(2,3)26-15-27(38(36-26)20-7-5-6-19(30)12-20)35-28(39)34-24-9-8-21(13-23(24)31)40-22-10-11-32-25(14-22)18-16-33-37(4)17-18/h5-17H,1-4H3,(H2,34,35,39). The largest absolute Gasteiger partial charge is 0.457 e. The van der Waals surface area contributed by atoms with Gasteiger partial charge < -0.3 is 10.1 Å². The highest BCUT2D eigenvalue weighted by atomic mass is 19.1. The molecule has 0 saturated carbocycles. The Morgan fingerprint density at radius 3 is 2.48 bits per heavy atom. The van der Waals surface area contributed by atoms with Crippen molar-refractivity contribution in [2.75, 3.05) is 10.6 Å². The van der Waals surface area contributed by atoms with E-state index in [1.165, 1.54) is 35.0 Å². The van der Waals surface area contributed by atoms with Gasteiger partial charge in [-0.15, -0.1) is 0 Å². The first kappa shape index (κ1) is 26.5. The van der Waals surface area contributed by atoms with Crippen molar-refractivity contribution < 1.29 is 18.3 Å². The van der Waals surface area contributed by atoms with Gasteiger partial charge in [0.15, 0.2) is 0 Å². The predicted octanol–water partition coefficient (Wildman–Crippen LogP) is 6.68. The average Bonchev–Trinajstić information content (AvgIpc) is 3.52. The number of ether oxygens (including phenoxy) is 1. The van der Waals surface area contributed by atoms with Gasteiger partial charge in [-0.2, -0.15) is 10.2 Å². The second kappa shape index (κ2) is 10.6. The van der Waals surface area contributed by atoms with Gasteiger partial charge in [-0.25, -0.2) is 18.3 Å². The van der Waals surface area contributed by atoms with Crippen molar-refractivity contribution in [3.63, 3.8) is 0 Å². The Morgan fingerprint density at radius 2 is 1.77 bits per heavy atom. The van der Waals surface area contributed by atoms with Gasteiger partial charge in [0.1, 0.15) is 29.0 Å². The molecule has 0 bridgehead atoms. The van der Waals surface area contributed by atoms with E-state index in [9.17, 15) is 13.6 Å². The number of carbonyl (C=O) groups excluding carboxylic acids is 1. The van der Waals surface area contributed by atoms with Gasteiger partial charge in [-0.05, 0) is 36.4 Å². The molecule has 0 unspecified atom stereocenters. The van der Waals surface area contributed by atoms with Crippen LogP contribution in [0.3, 0.4) is 0 Å². The summed E-state index contributed by atoms with van der Waals surface area (Å²) in [6.45, 7) is 5.92. The van der Waals surface area contributed by atoms with E-state index < -0.39 is 17.7 Å². The Morgan fingerprint density at radius 1 is 0.975 bits per heavy atom. The molecule has 9 nitrogen and oxygen atoms in total. The van der Waals surface area contributed by atoms with E-state index in [1.807, 2.05) is 34.0 Å². The predicted molar refractivity (Wildman–Crippen MR) is 148 cm³/mol. The molecule has 0 spiro atoms. The normalized spacial score (nSPS) is 11.3. The Bertz CT molecular complexity index is 1690. The van der Waals surface area contributed by atoms with Crippen LogP contribution in [0, 0.1) is 11.6 Å². The van der Waals surface area contributed by atoms with Gasteiger partial charge in [0.25, 0.3) is 0 Å². The number of hydrogen-bond donors (Lipinski definition) is 2. The van der Waals surface area contributed by atoms with E-state index >= 15 is 0 Å². The second-order valence-corrected chi connectivity index (χ2v) is 10.2. The van der Waals surface area contributed by atoms with Crippen LogP contribution in [0.2, 0.25) is 0 Å². The summed E-state index contributed by atoms with van der Waals surface area (Å²) in [5.74, 6) is -0.124. The molecule has 0 aliphatic heterocycles. The maximum Gasteiger partial charge on any atom is 0.324 e. The van der Waals surface area contributed by atoms with E-state index in [1.54, 1.807) is 47.4 Å². The molecule has 0 aliphatic carbocycles. The van der Waals surface area contributed by atoms with Crippen molar-refractivity contribution in [3.05, 3.63) is 96.6 Å². The average molecular weight is 544 g/mol. The van der Waals surface area contributed by atoms with Crippen LogP contribution < -0.4 is 15.4 Å². The highest BCUT2D eigenvalue weighted by Crippen LogP contribution is 2.29. The molecular weight excluding hydrogens is 516 g/mol. The van der Waals surface area contributed by atoms with Crippen molar-refractivity contribution in [3.8, 4) is 28.4 Å². The third-order valence-electron chi connectivity index (χ3n) is 5.93. The third kappa shape index (κ3) is 5.98. The lowest BCUT2D eigenvalue weighted by atomic mass is 9.92. The van der Waals surface area contributed by atoms with Crippen LogP contribution in [0.1, 0.15) is 26.5 Å². The maximum atomic E-state index is 14.9. The van der Waals surface area contributed by atoms with Crippen LogP contribution in [0.5, 0.6) is 11.5 Å². The molecule has 0 atom stereocenters. The molecule has 0 radical (unpaired) electrons. The maximum absolute atomic E-state index is 14.9. The van der Waals surface area contributed by atoms with Gasteiger partial charge >= 0.3 is 6.03 Å². The topological polar surface area (TPSA) is 98.9 Å². The van der Waals surface area contributed by atoms with Crippen molar-refractivity contribution >= 4 is 17.5 Å². The van der Waals surface area contributed by atoms with Crippen molar-refractivity contribution in [1.82, 2.24) is 24.5 Å². The van der Waals surface area contributed by atoms with Gasteiger partial charge in [0, 0.05) is 48.6 Å². The minimum Gasteiger partial charge on any atom is -0.457 e. The number of hydrogen-bond acceptors (Lipinski definition) is 5. The number of nitrogens with zero attached hydrogens (tertiary/aromatic N) is 5. The van der Waals surface area contributed by atoms with E-state index in [-0.39, 0.29) is 16.9 Å². The number of aryl methyl sites for hydroxylation is 1. The number of aromatic nitrogens is 5. The fourth-order valence-electron chi connectivity index (χ4n) is 3.89. The van der Waals surface area contributed by atoms with E-state index in [2.05, 4.69) is 25.8 Å². The quantitative estimate of drug-likeness (QED) is 0.249. The Hall–Kier alpha value is -5.06. The van der Waals surface area contributed by atoms with Gasteiger partial charge in [0.2, 0.25) is 0 Å². The second-order valence-electron chi connectivity index (χ2n) is 10.2. The zero-order chi connectivity index (χ0) is 28.4. The first-order valence-electron chi connectivity index (χ1n) is 12.4. The minimum absolute atomic E-state index is 0.0523. The van der Waals surface area contributed by atoms with Crippen LogP contribution in [-0.4, -0.2) is 30.6 Å². The summed E-state index contributed by atoms with van der Waals surface area (Å²) >= 11 is 0. The summed E-state index contributed by atoms with van der Waals surface area (Å²) in [4.78, 5) is 17.2. The van der Waals surface area contributed by atoms with Crippen LogP contribution >= 0.6 is 0 Å². The lowest BCUT2D eigenvalue weighted by molar-refractivity contribution is 0.262. The zero-order valence-corrected chi connectivity index (χ0v) is 22.3. The highest BCUT2D eigenvalue weighted by Gasteiger charge is 2.22. The minimum atomic E-state index is -0.694. The SMILES string of the molecule is Cn1cc(-c2cc(Oc3ccc(NC(=O)Nc4cc(C(C)(C)C)nn4-c4cccc(F)c4)c(F)c3)ccn2)cn1. The molecule has 3 heterocycles. The summed E-state index contributed by atoms with van der Waals surface area (Å²) in [6, 6.07) is 14.4. The van der Waals surface area contributed by atoms with Gasteiger partial charge in [-0.1, -0.05) is 26.8 Å². The van der Waals surface area contributed by atoms with Crippen LogP contribution in [0.25, 0.3) is 16.9 Å². The fraction of sp³-hybridized carbons (Fsp3) is 0.172. The highest BCUT2D eigenvalue weighted by molar-refractivity contribution is 5.99. The molecule has 2 amide bonds. The molecule has 3 aromatic heterocycles. The van der Waals surface area contributed by atoms with Crippen molar-refractivity contribution in [2.45, 2.75) is 26.2 Å². The summed E-state index contributed by atoms with van der Waals surface area (Å²) in [5, 5.41) is 13.9. The molecule has 204 valence electrons. The lowest BCUT2D eigenvalue weighted by Gasteiger charge is -2.14. The first-order valence-corrected chi connectivity index (χ1v) is 12.4. The van der Waals surface area contributed by atoms with Crippen molar-refractivity contribution in [1.29, 1.82) is 0 Å². The lowest BCUT2D eigenvalue weighted by Crippen LogP contribution is -2.22. The third-order valence-corrected chi connectivity index (χ3v) is 5.93. The molecule has 0 fully saturated rings. The fourth-order valence-corrected chi connectivity index (χ4v) is 3.89. The number of anilines is 2. The molecular formula is C29H27F2N7O2. The van der Waals surface area contributed by atoms with Crippen LogP contribution in [0.4, 0.5) is 25.1 Å². The first-order chi connectivity index (χ1) is 19.0. The van der Waals surface area contributed by atoms with Gasteiger partial charge in [0.05, 0.1) is 29.0 Å². The summed E-state index contributed by atoms with van der Waals surface area (Å²) in [7, 11) is 1.81. The number of rotatable bonds is 6. The molecule has 0 saturated heterocycles. The van der Waals surface area contributed by atoms with Crippen molar-refractivity contribution in [2.24, 2.45) is 7.05 Å². The number of amides is 2. The zero-order valence-electron chi connectivity index (χ0n) is 22.3. The van der Waals surface area contributed by atoms with Crippen LogP contribution in [-0.2, 0) is 12.5 Å². The Labute approximate surface area is 229 Å². The molecule has 40 heavy (non-hydrogen) atoms. The number of benzene rings is 2. The van der Waals surface area contributed by atoms with E-state index in [4.69, 9.17) is 4.74 Å².